The first-order valence-electron chi connectivity index (χ1n) is 5.03. The molecule has 0 amide bonds. The summed E-state index contributed by atoms with van der Waals surface area (Å²) in [6.45, 7) is 2.02. The Morgan fingerprint density at radius 2 is 2.00 bits per heavy atom. The van der Waals surface area contributed by atoms with Crippen LogP contribution in [0.4, 0.5) is 0 Å². The fourth-order valence-corrected chi connectivity index (χ4v) is 1.52. The molecule has 15 heavy (non-hydrogen) atoms. The molecule has 3 heteroatoms. The Morgan fingerprint density at radius 1 is 1.33 bits per heavy atom. The molecule has 1 N–H and O–H groups in total. The lowest BCUT2D eigenvalue weighted by Gasteiger charge is -2.06. The molecule has 0 aliphatic rings. The summed E-state index contributed by atoms with van der Waals surface area (Å²) in [7, 11) is 1.35. The van der Waals surface area contributed by atoms with Crippen LogP contribution in [0.1, 0.15) is 34.8 Å². The first kappa shape index (κ1) is 11.7. The quantitative estimate of drug-likeness (QED) is 0.769. The van der Waals surface area contributed by atoms with E-state index in [1.165, 1.54) is 7.11 Å². The van der Waals surface area contributed by atoms with Gasteiger partial charge >= 0.3 is 5.97 Å². The fraction of sp³-hybridized carbons (Fsp3) is 0.417. The highest BCUT2D eigenvalue weighted by Crippen LogP contribution is 2.13. The number of rotatable bonds is 4. The van der Waals surface area contributed by atoms with E-state index in [-0.39, 0.29) is 12.6 Å². The maximum atomic E-state index is 11.3. The third kappa shape index (κ3) is 3.06. The average molecular weight is 208 g/mol. The number of hydrogen-bond donors (Lipinski definition) is 1. The molecule has 0 atom stereocenters. The van der Waals surface area contributed by atoms with Crippen LogP contribution >= 0.6 is 0 Å². The van der Waals surface area contributed by atoms with Crippen LogP contribution in [0.15, 0.2) is 18.2 Å². The molecule has 0 saturated carbocycles. The molecule has 82 valence electrons. The van der Waals surface area contributed by atoms with Gasteiger partial charge in [-0.05, 0) is 29.7 Å². The molecule has 0 bridgehead atoms. The first-order chi connectivity index (χ1) is 7.21. The van der Waals surface area contributed by atoms with Crippen LogP contribution in [0.5, 0.6) is 0 Å². The minimum atomic E-state index is -0.359. The van der Waals surface area contributed by atoms with Gasteiger partial charge in [-0.25, -0.2) is 4.79 Å². The number of benzene rings is 1. The highest BCUT2D eigenvalue weighted by atomic mass is 16.5. The van der Waals surface area contributed by atoms with Crippen LogP contribution in [0.3, 0.4) is 0 Å². The molecule has 1 rings (SSSR count). The molecule has 0 saturated heterocycles. The zero-order valence-corrected chi connectivity index (χ0v) is 9.12. The zero-order valence-electron chi connectivity index (χ0n) is 9.12. The van der Waals surface area contributed by atoms with Crippen molar-refractivity contribution in [1.29, 1.82) is 0 Å². The summed E-state index contributed by atoms with van der Waals surface area (Å²) in [4.78, 5) is 11.3. The van der Waals surface area contributed by atoms with Crippen LogP contribution < -0.4 is 0 Å². The number of esters is 1. The molecule has 3 nitrogen and oxygen atoms in total. The third-order valence-electron chi connectivity index (χ3n) is 2.19. The van der Waals surface area contributed by atoms with Crippen LogP contribution in [0.2, 0.25) is 0 Å². The molecule has 0 fully saturated rings. The summed E-state index contributed by atoms with van der Waals surface area (Å²) in [5.41, 5.74) is 2.32. The standard InChI is InChI=1S/C12H16O3/c1-3-4-9-5-10(8-13)7-11(6-9)12(14)15-2/h5-7,13H,3-4,8H2,1-2H3. The second-order valence-corrected chi connectivity index (χ2v) is 3.44. The van der Waals surface area contributed by atoms with Gasteiger partial charge in [0.2, 0.25) is 0 Å². The van der Waals surface area contributed by atoms with Gasteiger partial charge in [-0.3, -0.25) is 0 Å². The van der Waals surface area contributed by atoms with Crippen LogP contribution in [0.25, 0.3) is 0 Å². The normalized spacial score (nSPS) is 10.1. The van der Waals surface area contributed by atoms with Gasteiger partial charge in [0, 0.05) is 0 Å². The lowest BCUT2D eigenvalue weighted by Crippen LogP contribution is -2.03. The fourth-order valence-electron chi connectivity index (χ4n) is 1.52. The summed E-state index contributed by atoms with van der Waals surface area (Å²) in [6, 6.07) is 5.38. The van der Waals surface area contributed by atoms with E-state index in [4.69, 9.17) is 5.11 Å². The van der Waals surface area contributed by atoms with E-state index in [2.05, 4.69) is 11.7 Å². The number of methoxy groups -OCH3 is 1. The molecule has 1 aromatic carbocycles. The smallest absolute Gasteiger partial charge is 0.337 e. The molecular formula is C12H16O3. The van der Waals surface area contributed by atoms with Crippen LogP contribution in [-0.2, 0) is 17.8 Å². The Balaban J connectivity index is 3.05. The first-order valence-corrected chi connectivity index (χ1v) is 5.03. The number of ether oxygens (including phenoxy) is 1. The zero-order chi connectivity index (χ0) is 11.3. The summed E-state index contributed by atoms with van der Waals surface area (Å²) in [5.74, 6) is -0.359. The number of aliphatic hydroxyl groups is 1. The lowest BCUT2D eigenvalue weighted by atomic mass is 10.0. The summed E-state index contributed by atoms with van der Waals surface area (Å²) < 4.78 is 4.65. The van der Waals surface area contributed by atoms with E-state index >= 15 is 0 Å². The molecule has 0 spiro atoms. The lowest BCUT2D eigenvalue weighted by molar-refractivity contribution is 0.0600. The summed E-state index contributed by atoms with van der Waals surface area (Å²) >= 11 is 0. The van der Waals surface area contributed by atoms with E-state index in [0.717, 1.165) is 24.0 Å². The van der Waals surface area contributed by atoms with Gasteiger partial charge in [0.25, 0.3) is 0 Å². The van der Waals surface area contributed by atoms with E-state index < -0.39 is 0 Å². The SMILES string of the molecule is CCCc1cc(CO)cc(C(=O)OC)c1. The Labute approximate surface area is 89.7 Å². The molecule has 0 heterocycles. The van der Waals surface area contributed by atoms with E-state index in [0.29, 0.717) is 5.56 Å². The predicted molar refractivity (Wildman–Crippen MR) is 57.7 cm³/mol. The highest BCUT2D eigenvalue weighted by Gasteiger charge is 2.08. The van der Waals surface area contributed by atoms with Crippen molar-refractivity contribution in [1.82, 2.24) is 0 Å². The molecule has 1 aromatic rings. The Hall–Kier alpha value is -1.35. The molecule has 0 aliphatic carbocycles. The van der Waals surface area contributed by atoms with Crippen molar-refractivity contribution < 1.29 is 14.6 Å². The van der Waals surface area contributed by atoms with Crippen molar-refractivity contribution >= 4 is 5.97 Å². The maximum absolute atomic E-state index is 11.3. The molecule has 0 aromatic heterocycles. The highest BCUT2D eigenvalue weighted by molar-refractivity contribution is 5.89. The van der Waals surface area contributed by atoms with E-state index in [9.17, 15) is 4.79 Å². The monoisotopic (exact) mass is 208 g/mol. The molecule has 0 aliphatic heterocycles. The van der Waals surface area contributed by atoms with Gasteiger partial charge in [0.1, 0.15) is 0 Å². The minimum absolute atomic E-state index is 0.0540. The number of carbonyl (C=O) groups is 1. The van der Waals surface area contributed by atoms with Gasteiger partial charge in [-0.1, -0.05) is 19.4 Å². The van der Waals surface area contributed by atoms with Gasteiger partial charge in [-0.15, -0.1) is 0 Å². The van der Waals surface area contributed by atoms with Gasteiger partial charge in [0.05, 0.1) is 19.3 Å². The van der Waals surface area contributed by atoms with E-state index in [1.807, 2.05) is 12.1 Å². The van der Waals surface area contributed by atoms with Crippen molar-refractivity contribution in [2.24, 2.45) is 0 Å². The largest absolute Gasteiger partial charge is 0.465 e. The maximum Gasteiger partial charge on any atom is 0.337 e. The number of aryl methyl sites for hydroxylation is 1. The van der Waals surface area contributed by atoms with Crippen molar-refractivity contribution in [2.75, 3.05) is 7.11 Å². The third-order valence-corrected chi connectivity index (χ3v) is 2.19. The van der Waals surface area contributed by atoms with Gasteiger partial charge in [-0.2, -0.15) is 0 Å². The van der Waals surface area contributed by atoms with E-state index in [1.54, 1.807) is 6.07 Å². The molecule has 0 unspecified atom stereocenters. The summed E-state index contributed by atoms with van der Waals surface area (Å²) in [6.07, 6.45) is 1.91. The topological polar surface area (TPSA) is 46.5 Å². The Kier molecular flexibility index (Phi) is 4.31. The predicted octanol–water partition coefficient (Wildman–Crippen LogP) is 1.92. The molecule has 0 radical (unpaired) electrons. The van der Waals surface area contributed by atoms with Crippen molar-refractivity contribution in [3.63, 3.8) is 0 Å². The molecular weight excluding hydrogens is 192 g/mol. The van der Waals surface area contributed by atoms with Crippen molar-refractivity contribution in [3.05, 3.63) is 34.9 Å². The Bertz CT molecular complexity index is 345. The minimum Gasteiger partial charge on any atom is -0.465 e. The number of aliphatic hydroxyl groups excluding tert-OH is 1. The number of hydrogen-bond acceptors (Lipinski definition) is 3. The number of carbonyl (C=O) groups excluding carboxylic acids is 1. The second kappa shape index (κ2) is 5.51. The Morgan fingerprint density at radius 3 is 2.53 bits per heavy atom. The van der Waals surface area contributed by atoms with Crippen LogP contribution in [-0.4, -0.2) is 18.2 Å². The van der Waals surface area contributed by atoms with Crippen molar-refractivity contribution in [2.45, 2.75) is 26.4 Å². The summed E-state index contributed by atoms with van der Waals surface area (Å²) in [5, 5.41) is 9.06. The van der Waals surface area contributed by atoms with Crippen molar-refractivity contribution in [3.8, 4) is 0 Å². The van der Waals surface area contributed by atoms with Gasteiger partial charge in [0.15, 0.2) is 0 Å². The van der Waals surface area contributed by atoms with Gasteiger partial charge < -0.3 is 9.84 Å². The average Bonchev–Trinajstić information content (AvgIpc) is 2.28. The van der Waals surface area contributed by atoms with Crippen LogP contribution in [0, 0.1) is 0 Å². The second-order valence-electron chi connectivity index (χ2n) is 3.44.